The maximum Gasteiger partial charge on any atom is 0.217 e. The molecular formula is C15H27NO. The smallest absolute Gasteiger partial charge is 0.217 e. The van der Waals surface area contributed by atoms with Crippen LogP contribution in [0.1, 0.15) is 60.3 Å². The van der Waals surface area contributed by atoms with E-state index in [1.54, 1.807) is 6.92 Å². The lowest BCUT2D eigenvalue weighted by molar-refractivity contribution is -0.119. The van der Waals surface area contributed by atoms with E-state index in [0.717, 1.165) is 25.7 Å². The molecule has 0 aromatic carbocycles. The molecule has 0 aromatic heterocycles. The average molecular weight is 237 g/mol. The molecule has 0 aliphatic rings. The van der Waals surface area contributed by atoms with E-state index in [1.165, 1.54) is 11.1 Å². The van der Waals surface area contributed by atoms with Gasteiger partial charge in [-0.15, -0.1) is 0 Å². The standard InChI is InChI=1S/C15H27NO/c1-12(2)8-6-9-13(3)10-7-11-14(4)16-15(5)17/h8,10,14H,6-7,9,11H2,1-5H3,(H,16,17)/t14-/m1/s1. The van der Waals surface area contributed by atoms with Crippen molar-refractivity contribution in [1.82, 2.24) is 5.32 Å². The highest BCUT2D eigenvalue weighted by molar-refractivity contribution is 5.73. The molecule has 0 fully saturated rings. The molecule has 2 heteroatoms. The summed E-state index contributed by atoms with van der Waals surface area (Å²) in [5.74, 6) is 0.0572. The second kappa shape index (κ2) is 9.03. The highest BCUT2D eigenvalue weighted by Crippen LogP contribution is 2.09. The fourth-order valence-electron chi connectivity index (χ4n) is 1.69. The van der Waals surface area contributed by atoms with Crippen LogP contribution in [0.4, 0.5) is 0 Å². The van der Waals surface area contributed by atoms with Crippen LogP contribution in [0.3, 0.4) is 0 Å². The van der Waals surface area contributed by atoms with Crippen LogP contribution < -0.4 is 5.32 Å². The van der Waals surface area contributed by atoms with E-state index < -0.39 is 0 Å². The first-order chi connectivity index (χ1) is 7.91. The zero-order valence-corrected chi connectivity index (χ0v) is 12.0. The number of hydrogen-bond donors (Lipinski definition) is 1. The minimum atomic E-state index is 0.0572. The van der Waals surface area contributed by atoms with Crippen molar-refractivity contribution < 1.29 is 4.79 Å². The molecule has 0 aliphatic heterocycles. The van der Waals surface area contributed by atoms with E-state index >= 15 is 0 Å². The van der Waals surface area contributed by atoms with E-state index in [0.29, 0.717) is 0 Å². The van der Waals surface area contributed by atoms with Crippen molar-refractivity contribution in [2.75, 3.05) is 0 Å². The number of nitrogens with one attached hydrogen (secondary N) is 1. The lowest BCUT2D eigenvalue weighted by Gasteiger charge is -2.10. The van der Waals surface area contributed by atoms with Gasteiger partial charge in [-0.2, -0.15) is 0 Å². The van der Waals surface area contributed by atoms with Gasteiger partial charge in [0, 0.05) is 13.0 Å². The van der Waals surface area contributed by atoms with E-state index in [9.17, 15) is 4.79 Å². The first-order valence-electron chi connectivity index (χ1n) is 6.48. The van der Waals surface area contributed by atoms with Crippen molar-refractivity contribution in [3.05, 3.63) is 23.3 Å². The van der Waals surface area contributed by atoms with E-state index in [-0.39, 0.29) is 11.9 Å². The molecule has 0 bridgehead atoms. The summed E-state index contributed by atoms with van der Waals surface area (Å²) in [4.78, 5) is 10.8. The van der Waals surface area contributed by atoms with Gasteiger partial charge >= 0.3 is 0 Å². The molecule has 0 aromatic rings. The normalized spacial score (nSPS) is 13.1. The minimum absolute atomic E-state index is 0.0572. The third kappa shape index (κ3) is 11.2. The number of amides is 1. The molecule has 17 heavy (non-hydrogen) atoms. The molecule has 0 aliphatic carbocycles. The van der Waals surface area contributed by atoms with E-state index in [4.69, 9.17) is 0 Å². The van der Waals surface area contributed by atoms with Crippen LogP contribution in [-0.2, 0) is 4.79 Å². The lowest BCUT2D eigenvalue weighted by Crippen LogP contribution is -2.30. The van der Waals surface area contributed by atoms with Crippen molar-refractivity contribution in [3.8, 4) is 0 Å². The molecule has 0 rings (SSSR count). The Hall–Kier alpha value is -1.05. The molecule has 0 saturated heterocycles. The van der Waals surface area contributed by atoms with Gasteiger partial charge in [-0.1, -0.05) is 23.3 Å². The van der Waals surface area contributed by atoms with Crippen molar-refractivity contribution >= 4 is 5.91 Å². The van der Waals surface area contributed by atoms with Crippen LogP contribution in [0.15, 0.2) is 23.3 Å². The van der Waals surface area contributed by atoms with E-state index in [2.05, 4.69) is 38.2 Å². The van der Waals surface area contributed by atoms with Crippen LogP contribution in [0.5, 0.6) is 0 Å². The molecule has 1 amide bonds. The minimum Gasteiger partial charge on any atom is -0.354 e. The first-order valence-corrected chi connectivity index (χ1v) is 6.48. The molecule has 98 valence electrons. The van der Waals surface area contributed by atoms with Crippen LogP contribution >= 0.6 is 0 Å². The topological polar surface area (TPSA) is 29.1 Å². The van der Waals surface area contributed by atoms with Crippen molar-refractivity contribution in [3.63, 3.8) is 0 Å². The molecule has 0 heterocycles. The number of rotatable bonds is 7. The quantitative estimate of drug-likeness (QED) is 0.667. The number of carbonyl (C=O) groups excluding carboxylic acids is 1. The molecule has 2 nitrogen and oxygen atoms in total. The molecule has 1 atom stereocenters. The van der Waals surface area contributed by atoms with Gasteiger partial charge in [0.2, 0.25) is 5.91 Å². The van der Waals surface area contributed by atoms with E-state index in [1.807, 2.05) is 6.92 Å². The Labute approximate surface area is 106 Å². The summed E-state index contributed by atoms with van der Waals surface area (Å²) in [5, 5.41) is 2.90. The van der Waals surface area contributed by atoms with Gasteiger partial charge in [0.1, 0.15) is 0 Å². The van der Waals surface area contributed by atoms with Gasteiger partial charge < -0.3 is 5.32 Å². The molecule has 0 saturated carbocycles. The SMILES string of the molecule is CC(=O)N[C@H](C)CCC=C(C)CCC=C(C)C. The highest BCUT2D eigenvalue weighted by atomic mass is 16.1. The Morgan fingerprint density at radius 3 is 2.29 bits per heavy atom. The predicted molar refractivity (Wildman–Crippen MR) is 74.9 cm³/mol. The summed E-state index contributed by atoms with van der Waals surface area (Å²) in [6, 6.07) is 0.273. The Balaban J connectivity index is 3.76. The molecule has 0 unspecified atom stereocenters. The highest BCUT2D eigenvalue weighted by Gasteiger charge is 2.01. The van der Waals surface area contributed by atoms with Crippen molar-refractivity contribution in [2.45, 2.75) is 66.3 Å². The summed E-state index contributed by atoms with van der Waals surface area (Å²) < 4.78 is 0. The van der Waals surface area contributed by atoms with Crippen LogP contribution in [0, 0.1) is 0 Å². The lowest BCUT2D eigenvalue weighted by atomic mass is 10.1. The maximum absolute atomic E-state index is 10.8. The number of allylic oxidation sites excluding steroid dienone is 4. The van der Waals surface area contributed by atoms with Gasteiger partial charge in [-0.05, 0) is 53.4 Å². The van der Waals surface area contributed by atoms with Gasteiger partial charge in [0.05, 0.1) is 0 Å². The van der Waals surface area contributed by atoms with Gasteiger partial charge in [0.15, 0.2) is 0 Å². The summed E-state index contributed by atoms with van der Waals surface area (Å²) >= 11 is 0. The Kier molecular flexibility index (Phi) is 8.47. The van der Waals surface area contributed by atoms with Crippen LogP contribution in [0.2, 0.25) is 0 Å². The third-order valence-corrected chi connectivity index (χ3v) is 2.63. The molecule has 0 radical (unpaired) electrons. The average Bonchev–Trinajstić information content (AvgIpc) is 2.15. The number of carbonyl (C=O) groups is 1. The van der Waals surface area contributed by atoms with Crippen molar-refractivity contribution in [2.24, 2.45) is 0 Å². The Morgan fingerprint density at radius 1 is 1.12 bits per heavy atom. The van der Waals surface area contributed by atoms with Gasteiger partial charge in [-0.3, -0.25) is 4.79 Å². The van der Waals surface area contributed by atoms with Gasteiger partial charge in [0.25, 0.3) is 0 Å². The second-order valence-electron chi connectivity index (χ2n) is 5.05. The molecule has 1 N–H and O–H groups in total. The zero-order chi connectivity index (χ0) is 13.3. The third-order valence-electron chi connectivity index (χ3n) is 2.63. The first kappa shape index (κ1) is 16.0. The second-order valence-corrected chi connectivity index (χ2v) is 5.05. The Bertz CT molecular complexity index is 285. The number of hydrogen-bond acceptors (Lipinski definition) is 1. The zero-order valence-electron chi connectivity index (χ0n) is 12.0. The molecule has 0 spiro atoms. The van der Waals surface area contributed by atoms with Crippen LogP contribution in [-0.4, -0.2) is 11.9 Å². The predicted octanol–water partition coefficient (Wildman–Crippen LogP) is 3.98. The fourth-order valence-corrected chi connectivity index (χ4v) is 1.69. The van der Waals surface area contributed by atoms with Crippen molar-refractivity contribution in [1.29, 1.82) is 0 Å². The fraction of sp³-hybridized carbons (Fsp3) is 0.667. The molecular weight excluding hydrogens is 210 g/mol. The van der Waals surface area contributed by atoms with Crippen LogP contribution in [0.25, 0.3) is 0 Å². The monoisotopic (exact) mass is 237 g/mol. The summed E-state index contributed by atoms with van der Waals surface area (Å²) in [5.41, 5.74) is 2.83. The summed E-state index contributed by atoms with van der Waals surface area (Å²) in [6.45, 7) is 10.1. The van der Waals surface area contributed by atoms with Gasteiger partial charge in [-0.25, -0.2) is 0 Å². The summed E-state index contributed by atoms with van der Waals surface area (Å²) in [6.07, 6.45) is 8.89. The summed E-state index contributed by atoms with van der Waals surface area (Å²) in [7, 11) is 0. The largest absolute Gasteiger partial charge is 0.354 e. The Morgan fingerprint density at radius 2 is 1.76 bits per heavy atom. The maximum atomic E-state index is 10.8.